The van der Waals surface area contributed by atoms with E-state index in [2.05, 4.69) is 15.5 Å². The van der Waals surface area contributed by atoms with Crippen molar-refractivity contribution >= 4 is 45.7 Å². The molecule has 0 aliphatic carbocycles. The van der Waals surface area contributed by atoms with Crippen molar-refractivity contribution in [3.05, 3.63) is 92.5 Å². The Morgan fingerprint density at radius 3 is 2.41 bits per heavy atom. The molecule has 3 heterocycles. The van der Waals surface area contributed by atoms with E-state index in [0.717, 1.165) is 39.1 Å². The quantitative estimate of drug-likeness (QED) is 0.274. The molecule has 7 nitrogen and oxygen atoms in total. The molecule has 0 fully saturated rings. The van der Waals surface area contributed by atoms with Crippen LogP contribution in [-0.4, -0.2) is 30.5 Å². The first-order valence-corrected chi connectivity index (χ1v) is 12.6. The van der Waals surface area contributed by atoms with Gasteiger partial charge in [0.2, 0.25) is 0 Å². The molecule has 1 amide bonds. The minimum Gasteiger partial charge on any atom is -0.319 e. The number of halogens is 2. The lowest BCUT2D eigenvalue weighted by atomic mass is 10.0. The van der Waals surface area contributed by atoms with Crippen LogP contribution in [0, 0.1) is 27.7 Å². The van der Waals surface area contributed by atoms with E-state index in [9.17, 15) is 4.79 Å². The second kappa shape index (κ2) is 9.65. The number of carbonyl (C=O) groups excluding carboxylic acids is 1. The molecule has 0 spiro atoms. The molecule has 3 aromatic heterocycles. The van der Waals surface area contributed by atoms with Crippen molar-refractivity contribution in [1.82, 2.24) is 24.5 Å². The normalized spacial score (nSPS) is 11.3. The van der Waals surface area contributed by atoms with E-state index in [4.69, 9.17) is 28.2 Å². The molecular formula is C28H26Cl2N6O. The fourth-order valence-electron chi connectivity index (χ4n) is 4.66. The lowest BCUT2D eigenvalue weighted by Gasteiger charge is -2.12. The fraction of sp³-hybridized carbons (Fsp3) is 0.214. The van der Waals surface area contributed by atoms with Crippen molar-refractivity contribution in [3.8, 4) is 11.3 Å². The van der Waals surface area contributed by atoms with Crippen molar-refractivity contribution in [2.24, 2.45) is 7.05 Å². The Bertz CT molecular complexity index is 1680. The summed E-state index contributed by atoms with van der Waals surface area (Å²) in [5, 5.41) is 14.2. The number of aryl methyl sites for hydroxylation is 3. The number of benzene rings is 2. The average Bonchev–Trinajstić information content (AvgIpc) is 3.27. The second-order valence-electron chi connectivity index (χ2n) is 9.13. The van der Waals surface area contributed by atoms with Crippen LogP contribution in [0.25, 0.3) is 22.2 Å². The maximum atomic E-state index is 13.7. The van der Waals surface area contributed by atoms with Gasteiger partial charge in [0.15, 0.2) is 0 Å². The van der Waals surface area contributed by atoms with Gasteiger partial charge >= 0.3 is 0 Å². The van der Waals surface area contributed by atoms with Gasteiger partial charge in [0.05, 0.1) is 46.1 Å². The van der Waals surface area contributed by atoms with Crippen LogP contribution in [-0.2, 0) is 13.6 Å². The maximum Gasteiger partial charge on any atom is 0.256 e. The zero-order valence-corrected chi connectivity index (χ0v) is 22.7. The number of hydrogen-bond donors (Lipinski definition) is 1. The molecule has 188 valence electrons. The van der Waals surface area contributed by atoms with Crippen LogP contribution in [0.4, 0.5) is 5.69 Å². The summed E-state index contributed by atoms with van der Waals surface area (Å²) in [4.78, 5) is 18.6. The Morgan fingerprint density at radius 1 is 0.946 bits per heavy atom. The predicted octanol–water partition coefficient (Wildman–Crippen LogP) is 6.67. The van der Waals surface area contributed by atoms with Crippen LogP contribution in [0.3, 0.4) is 0 Å². The van der Waals surface area contributed by atoms with Gasteiger partial charge in [0.25, 0.3) is 5.91 Å². The number of fused-ring (bicyclic) bond motifs is 1. The van der Waals surface area contributed by atoms with Gasteiger partial charge in [-0.05, 0) is 57.5 Å². The molecule has 2 aromatic carbocycles. The molecule has 0 saturated heterocycles. The van der Waals surface area contributed by atoms with Crippen molar-refractivity contribution in [2.45, 2.75) is 34.2 Å². The van der Waals surface area contributed by atoms with Gasteiger partial charge in [-0.1, -0.05) is 47.5 Å². The van der Waals surface area contributed by atoms with Gasteiger partial charge in [-0.3, -0.25) is 14.2 Å². The number of carbonyl (C=O) groups is 1. The number of nitrogens with zero attached hydrogens (tertiary/aromatic N) is 5. The molecule has 0 radical (unpaired) electrons. The molecule has 1 N–H and O–H groups in total. The molecule has 0 aliphatic rings. The van der Waals surface area contributed by atoms with E-state index in [1.165, 1.54) is 0 Å². The first-order chi connectivity index (χ1) is 17.6. The molecule has 0 saturated carbocycles. The number of aromatic nitrogens is 5. The van der Waals surface area contributed by atoms with E-state index >= 15 is 0 Å². The van der Waals surface area contributed by atoms with E-state index < -0.39 is 0 Å². The Balaban J connectivity index is 1.53. The van der Waals surface area contributed by atoms with E-state index in [0.29, 0.717) is 39.2 Å². The molecule has 0 aliphatic heterocycles. The first kappa shape index (κ1) is 25.0. The summed E-state index contributed by atoms with van der Waals surface area (Å²) < 4.78 is 3.66. The van der Waals surface area contributed by atoms with Crippen LogP contribution in [0.5, 0.6) is 0 Å². The Kier molecular flexibility index (Phi) is 6.52. The third-order valence-electron chi connectivity index (χ3n) is 6.68. The van der Waals surface area contributed by atoms with Crippen LogP contribution in [0.1, 0.15) is 38.7 Å². The fourth-order valence-corrected chi connectivity index (χ4v) is 5.13. The average molecular weight is 533 g/mol. The molecule has 0 unspecified atom stereocenters. The number of hydrogen-bond acceptors (Lipinski definition) is 4. The highest BCUT2D eigenvalue weighted by molar-refractivity contribution is 6.35. The van der Waals surface area contributed by atoms with Crippen LogP contribution >= 0.6 is 23.2 Å². The highest BCUT2D eigenvalue weighted by Crippen LogP contribution is 2.31. The van der Waals surface area contributed by atoms with Gasteiger partial charge in [-0.25, -0.2) is 4.98 Å². The van der Waals surface area contributed by atoms with Gasteiger partial charge in [-0.2, -0.15) is 10.2 Å². The van der Waals surface area contributed by atoms with E-state index in [-0.39, 0.29) is 5.91 Å². The number of pyridine rings is 1. The SMILES string of the molecule is Cc1nn(Cc2ccc(Cl)cc2Cl)c(C)c1NC(=O)c1cc(-c2c(C)nn(C)c2C)nc2ccccc12. The van der Waals surface area contributed by atoms with Gasteiger partial charge in [-0.15, -0.1) is 0 Å². The summed E-state index contributed by atoms with van der Waals surface area (Å²) in [6, 6.07) is 14.9. The Hall–Kier alpha value is -3.68. The third-order valence-corrected chi connectivity index (χ3v) is 7.27. The Labute approximate surface area is 225 Å². The summed E-state index contributed by atoms with van der Waals surface area (Å²) in [6.07, 6.45) is 0. The molecule has 9 heteroatoms. The maximum absolute atomic E-state index is 13.7. The van der Waals surface area contributed by atoms with Crippen molar-refractivity contribution in [3.63, 3.8) is 0 Å². The van der Waals surface area contributed by atoms with Crippen LogP contribution < -0.4 is 5.32 Å². The minimum absolute atomic E-state index is 0.227. The third kappa shape index (κ3) is 4.61. The number of anilines is 1. The lowest BCUT2D eigenvalue weighted by molar-refractivity contribution is 0.102. The summed E-state index contributed by atoms with van der Waals surface area (Å²) in [5.74, 6) is -0.227. The number of para-hydroxylation sites is 1. The summed E-state index contributed by atoms with van der Waals surface area (Å²) in [6.45, 7) is 8.21. The van der Waals surface area contributed by atoms with E-state index in [1.807, 2.05) is 80.5 Å². The van der Waals surface area contributed by atoms with Gasteiger partial charge < -0.3 is 5.32 Å². The molecule has 5 rings (SSSR count). The van der Waals surface area contributed by atoms with Gasteiger partial charge in [0, 0.05) is 33.7 Å². The van der Waals surface area contributed by atoms with Gasteiger partial charge in [0.1, 0.15) is 0 Å². The summed E-state index contributed by atoms with van der Waals surface area (Å²) in [5.41, 5.74) is 7.89. The number of amides is 1. The standard InChI is InChI=1S/C28H26Cl2N6O/c1-15-26(17(3)35(5)33-15)25-13-22(21-8-6-7-9-24(21)31-25)28(37)32-27-16(2)34-36(18(27)4)14-19-10-11-20(29)12-23(19)30/h6-13H,14H2,1-5H3,(H,32,37). The number of nitrogens with one attached hydrogen (secondary N) is 1. The molecule has 0 atom stereocenters. The zero-order valence-electron chi connectivity index (χ0n) is 21.2. The number of rotatable bonds is 5. The Morgan fingerprint density at radius 2 is 1.70 bits per heavy atom. The predicted molar refractivity (Wildman–Crippen MR) is 149 cm³/mol. The molecule has 5 aromatic rings. The molecule has 37 heavy (non-hydrogen) atoms. The van der Waals surface area contributed by atoms with Crippen molar-refractivity contribution < 1.29 is 4.79 Å². The zero-order chi connectivity index (χ0) is 26.4. The smallest absolute Gasteiger partial charge is 0.256 e. The highest BCUT2D eigenvalue weighted by atomic mass is 35.5. The minimum atomic E-state index is -0.227. The van der Waals surface area contributed by atoms with Crippen molar-refractivity contribution in [1.29, 1.82) is 0 Å². The lowest BCUT2D eigenvalue weighted by Crippen LogP contribution is -2.14. The van der Waals surface area contributed by atoms with Crippen molar-refractivity contribution in [2.75, 3.05) is 5.32 Å². The summed E-state index contributed by atoms with van der Waals surface area (Å²) >= 11 is 12.4. The monoisotopic (exact) mass is 532 g/mol. The topological polar surface area (TPSA) is 77.6 Å². The van der Waals surface area contributed by atoms with E-state index in [1.54, 1.807) is 12.1 Å². The largest absolute Gasteiger partial charge is 0.319 e. The van der Waals surface area contributed by atoms with Crippen LogP contribution in [0.15, 0.2) is 48.5 Å². The van der Waals surface area contributed by atoms with Crippen LogP contribution in [0.2, 0.25) is 10.0 Å². The molecular weight excluding hydrogens is 507 g/mol. The first-order valence-electron chi connectivity index (χ1n) is 11.8. The highest BCUT2D eigenvalue weighted by Gasteiger charge is 2.21. The summed E-state index contributed by atoms with van der Waals surface area (Å²) in [7, 11) is 1.90. The second-order valence-corrected chi connectivity index (χ2v) is 9.98. The molecule has 0 bridgehead atoms.